The fourth-order valence-electron chi connectivity index (χ4n) is 4.43. The van der Waals surface area contributed by atoms with Crippen molar-refractivity contribution in [1.29, 1.82) is 0 Å². The SMILES string of the molecule is CCc1cc2c(Cl)nc(-c3cccnc3)nc2s1.CCc1cc2c(NCc3ccc(F)cc3)nc(-c3cccnc3)nc2s1. The van der Waals surface area contributed by atoms with E-state index >= 15 is 0 Å². The number of anilines is 1. The van der Waals surface area contributed by atoms with E-state index in [4.69, 9.17) is 21.6 Å². The van der Waals surface area contributed by atoms with Crippen molar-refractivity contribution < 1.29 is 4.39 Å². The zero-order valence-corrected chi connectivity index (χ0v) is 26.3. The molecule has 0 radical (unpaired) electrons. The van der Waals surface area contributed by atoms with Crippen LogP contribution < -0.4 is 5.32 Å². The molecular formula is C33H27ClFN7S2. The molecule has 0 fully saturated rings. The number of halogens is 2. The lowest BCUT2D eigenvalue weighted by Crippen LogP contribution is -2.03. The van der Waals surface area contributed by atoms with Gasteiger partial charge in [0.15, 0.2) is 11.6 Å². The maximum absolute atomic E-state index is 13.1. The highest BCUT2D eigenvalue weighted by Crippen LogP contribution is 2.33. The second-order valence-electron chi connectivity index (χ2n) is 9.77. The molecule has 6 heterocycles. The Morgan fingerprint density at radius 2 is 1.30 bits per heavy atom. The molecule has 7 rings (SSSR count). The highest BCUT2D eigenvalue weighted by atomic mass is 35.5. The number of thiophene rings is 2. The lowest BCUT2D eigenvalue weighted by molar-refractivity contribution is 0.627. The third-order valence-electron chi connectivity index (χ3n) is 6.75. The van der Waals surface area contributed by atoms with Gasteiger partial charge in [-0.1, -0.05) is 37.6 Å². The van der Waals surface area contributed by atoms with Crippen LogP contribution in [0.2, 0.25) is 5.15 Å². The topological polar surface area (TPSA) is 89.4 Å². The molecule has 0 unspecified atom stereocenters. The standard InChI is InChI=1S/C20H17FN4S.C13H10ClN3S/c1-2-16-10-17-19(23-11-13-5-7-15(21)8-6-13)24-18(25-20(17)26-16)14-4-3-9-22-12-14;1-2-9-6-10-11(14)16-12(17-13(10)18-9)8-4-3-5-15-7-8/h3-10,12H,2,11H2,1H3,(H,23,24,25);3-7H,2H2,1H3. The van der Waals surface area contributed by atoms with Gasteiger partial charge in [-0.2, -0.15) is 0 Å². The normalized spacial score (nSPS) is 11.0. The maximum atomic E-state index is 13.1. The van der Waals surface area contributed by atoms with Crippen molar-refractivity contribution >= 4 is 60.5 Å². The van der Waals surface area contributed by atoms with Gasteiger partial charge in [-0.05, 0) is 66.9 Å². The van der Waals surface area contributed by atoms with Gasteiger partial charge in [0.25, 0.3) is 0 Å². The summed E-state index contributed by atoms with van der Waals surface area (Å²) in [5.74, 6) is 1.83. The number of hydrogen-bond acceptors (Lipinski definition) is 9. The number of nitrogens with zero attached hydrogens (tertiary/aromatic N) is 6. The van der Waals surface area contributed by atoms with Gasteiger partial charge in [-0.3, -0.25) is 9.97 Å². The van der Waals surface area contributed by atoms with Gasteiger partial charge in [0.1, 0.15) is 26.4 Å². The number of rotatable bonds is 7. The minimum absolute atomic E-state index is 0.234. The lowest BCUT2D eigenvalue weighted by atomic mass is 10.2. The number of nitrogens with one attached hydrogen (secondary N) is 1. The molecule has 11 heteroatoms. The largest absolute Gasteiger partial charge is 0.365 e. The molecule has 1 N–H and O–H groups in total. The van der Waals surface area contributed by atoms with Crippen LogP contribution >= 0.6 is 34.3 Å². The Hall–Kier alpha value is -4.38. The Morgan fingerprint density at radius 3 is 1.86 bits per heavy atom. The van der Waals surface area contributed by atoms with Crippen molar-refractivity contribution in [2.75, 3.05) is 5.32 Å². The van der Waals surface area contributed by atoms with E-state index < -0.39 is 0 Å². The third kappa shape index (κ3) is 6.72. The first-order valence-electron chi connectivity index (χ1n) is 14.1. The second kappa shape index (κ2) is 13.5. The summed E-state index contributed by atoms with van der Waals surface area (Å²) in [7, 11) is 0. The summed E-state index contributed by atoms with van der Waals surface area (Å²) >= 11 is 9.56. The molecule has 0 saturated carbocycles. The number of benzene rings is 1. The van der Waals surface area contributed by atoms with Gasteiger partial charge >= 0.3 is 0 Å². The monoisotopic (exact) mass is 639 g/mol. The quantitative estimate of drug-likeness (QED) is 0.174. The molecule has 0 aliphatic rings. The van der Waals surface area contributed by atoms with Crippen LogP contribution in [0.3, 0.4) is 0 Å². The fourth-order valence-corrected chi connectivity index (χ4v) is 6.64. The second-order valence-corrected chi connectivity index (χ2v) is 12.4. The highest BCUT2D eigenvalue weighted by Gasteiger charge is 2.13. The highest BCUT2D eigenvalue weighted by molar-refractivity contribution is 7.19. The summed E-state index contributed by atoms with van der Waals surface area (Å²) in [5.41, 5.74) is 2.76. The van der Waals surface area contributed by atoms with Crippen molar-refractivity contribution in [2.45, 2.75) is 33.2 Å². The van der Waals surface area contributed by atoms with E-state index in [0.717, 1.165) is 55.8 Å². The molecule has 0 spiro atoms. The Morgan fingerprint density at radius 1 is 0.727 bits per heavy atom. The van der Waals surface area contributed by atoms with E-state index in [1.54, 1.807) is 59.6 Å². The van der Waals surface area contributed by atoms with Crippen LogP contribution in [0.25, 0.3) is 43.2 Å². The van der Waals surface area contributed by atoms with Crippen molar-refractivity contribution in [1.82, 2.24) is 29.9 Å². The van der Waals surface area contributed by atoms with Gasteiger partial charge in [0.05, 0.1) is 5.39 Å². The third-order valence-corrected chi connectivity index (χ3v) is 9.39. The first-order chi connectivity index (χ1) is 21.5. The maximum Gasteiger partial charge on any atom is 0.164 e. The smallest absolute Gasteiger partial charge is 0.164 e. The predicted molar refractivity (Wildman–Crippen MR) is 179 cm³/mol. The van der Waals surface area contributed by atoms with Crippen molar-refractivity contribution in [3.05, 3.63) is 112 Å². The van der Waals surface area contributed by atoms with Crippen LogP contribution in [0.15, 0.2) is 85.5 Å². The number of aryl methyl sites for hydroxylation is 2. The number of pyridine rings is 2. The molecule has 6 aromatic heterocycles. The number of aromatic nitrogens is 6. The molecule has 0 saturated heterocycles. The summed E-state index contributed by atoms with van der Waals surface area (Å²) in [6, 6.07) is 18.3. The fraction of sp³-hybridized carbons (Fsp3) is 0.152. The number of fused-ring (bicyclic) bond motifs is 2. The van der Waals surface area contributed by atoms with Crippen LogP contribution in [0.1, 0.15) is 29.2 Å². The zero-order valence-electron chi connectivity index (χ0n) is 24.0. The van der Waals surface area contributed by atoms with Gasteiger partial charge in [0.2, 0.25) is 0 Å². The molecule has 220 valence electrons. The average Bonchev–Trinajstić information content (AvgIpc) is 3.70. The molecule has 0 bridgehead atoms. The van der Waals surface area contributed by atoms with Crippen LogP contribution in [0, 0.1) is 5.82 Å². The summed E-state index contributed by atoms with van der Waals surface area (Å²) < 4.78 is 13.1. The van der Waals surface area contributed by atoms with E-state index in [2.05, 4.69) is 51.2 Å². The van der Waals surface area contributed by atoms with Gasteiger partial charge < -0.3 is 5.32 Å². The van der Waals surface area contributed by atoms with E-state index in [9.17, 15) is 4.39 Å². The van der Waals surface area contributed by atoms with Crippen molar-refractivity contribution in [3.8, 4) is 22.8 Å². The summed E-state index contributed by atoms with van der Waals surface area (Å²) in [5, 5.41) is 5.84. The molecule has 0 amide bonds. The van der Waals surface area contributed by atoms with E-state index in [1.807, 2.05) is 24.3 Å². The van der Waals surface area contributed by atoms with Crippen molar-refractivity contribution in [2.24, 2.45) is 0 Å². The van der Waals surface area contributed by atoms with Crippen molar-refractivity contribution in [3.63, 3.8) is 0 Å². The summed E-state index contributed by atoms with van der Waals surface area (Å²) in [6.07, 6.45) is 8.91. The molecule has 0 atom stereocenters. The van der Waals surface area contributed by atoms with Gasteiger partial charge in [-0.25, -0.2) is 24.3 Å². The molecule has 7 aromatic rings. The Balaban J connectivity index is 0.000000167. The van der Waals surface area contributed by atoms with Crippen LogP contribution in [-0.2, 0) is 19.4 Å². The lowest BCUT2D eigenvalue weighted by Gasteiger charge is -2.09. The predicted octanol–water partition coefficient (Wildman–Crippen LogP) is 9.04. The van der Waals surface area contributed by atoms with E-state index in [1.165, 1.54) is 21.9 Å². The first-order valence-corrected chi connectivity index (χ1v) is 16.1. The summed E-state index contributed by atoms with van der Waals surface area (Å²) in [6.45, 7) is 4.82. The Bertz CT molecular complexity index is 2010. The molecule has 0 aliphatic heterocycles. The Kier molecular flexibility index (Phi) is 9.11. The minimum Gasteiger partial charge on any atom is -0.365 e. The van der Waals surface area contributed by atoms with Crippen LogP contribution in [0.5, 0.6) is 0 Å². The zero-order chi connectivity index (χ0) is 30.5. The summed E-state index contributed by atoms with van der Waals surface area (Å²) in [4.78, 5) is 31.0. The molecule has 44 heavy (non-hydrogen) atoms. The molecule has 1 aromatic carbocycles. The minimum atomic E-state index is -0.234. The van der Waals surface area contributed by atoms with E-state index in [0.29, 0.717) is 23.3 Å². The van der Waals surface area contributed by atoms with E-state index in [-0.39, 0.29) is 5.82 Å². The van der Waals surface area contributed by atoms with Gasteiger partial charge in [0, 0.05) is 57.6 Å². The molecule has 0 aliphatic carbocycles. The number of hydrogen-bond donors (Lipinski definition) is 1. The molecule has 7 nitrogen and oxygen atoms in total. The van der Waals surface area contributed by atoms with Crippen LogP contribution in [-0.4, -0.2) is 29.9 Å². The van der Waals surface area contributed by atoms with Crippen LogP contribution in [0.4, 0.5) is 10.2 Å². The average molecular weight is 640 g/mol. The first kappa shape index (κ1) is 29.7. The van der Waals surface area contributed by atoms with Gasteiger partial charge in [-0.15, -0.1) is 22.7 Å². The Labute approximate surface area is 266 Å². The molecular weight excluding hydrogens is 613 g/mol.